The average Bonchev–Trinajstić information content (AvgIpc) is 1.61. The summed E-state index contributed by atoms with van der Waals surface area (Å²) in [5, 5.41) is 27.7. The van der Waals surface area contributed by atoms with Gasteiger partial charge in [-0.3, -0.25) is 33.8 Å². The summed E-state index contributed by atoms with van der Waals surface area (Å²) in [4.78, 5) is 110. The second kappa shape index (κ2) is 35.1. The number of nitrogens with one attached hydrogen (secondary N) is 3. The summed E-state index contributed by atoms with van der Waals surface area (Å²) in [6.45, 7) is 18.2. The van der Waals surface area contributed by atoms with Crippen LogP contribution in [0.25, 0.3) is 9.69 Å². The fourth-order valence-corrected chi connectivity index (χ4v) is 12.5. The molecule has 0 spiro atoms. The number of nitrogens with zero attached hydrogens (tertiary/aromatic N) is 15. The number of hydrogen-bond donors (Lipinski definition) is 6. The van der Waals surface area contributed by atoms with Crippen molar-refractivity contribution in [3.63, 3.8) is 0 Å². The van der Waals surface area contributed by atoms with Crippen molar-refractivity contribution in [1.82, 2.24) is 45.0 Å². The molecule has 532 valence electrons. The van der Waals surface area contributed by atoms with Gasteiger partial charge in [-0.15, -0.1) is 9.97 Å². The Labute approximate surface area is 621 Å². The maximum Gasteiger partial charge on any atom is 0.295 e. The minimum Gasteiger partial charge on any atom is -0.493 e. The first-order valence-corrected chi connectivity index (χ1v) is 34.0. The van der Waals surface area contributed by atoms with Gasteiger partial charge in [0.25, 0.3) is 23.5 Å². The molecule has 6 aliphatic rings. The van der Waals surface area contributed by atoms with Gasteiger partial charge in [0.2, 0.25) is 29.4 Å². The van der Waals surface area contributed by atoms with Gasteiger partial charge < -0.3 is 76.8 Å². The smallest absolute Gasteiger partial charge is 0.295 e. The van der Waals surface area contributed by atoms with Gasteiger partial charge in [0.15, 0.2) is 22.9 Å². The highest BCUT2D eigenvalue weighted by Crippen LogP contribution is 2.41. The summed E-state index contributed by atoms with van der Waals surface area (Å²) in [5.41, 5.74) is 24.6. The number of methoxy groups -OCH3 is 2. The van der Waals surface area contributed by atoms with Crippen LogP contribution in [0.15, 0.2) is 102 Å². The van der Waals surface area contributed by atoms with E-state index in [-0.39, 0.29) is 52.8 Å². The van der Waals surface area contributed by atoms with Crippen LogP contribution in [0.2, 0.25) is 15.2 Å². The molecule has 29 nitrogen and oxygen atoms in total. The molecule has 4 saturated heterocycles. The van der Waals surface area contributed by atoms with E-state index in [4.69, 9.17) is 90.1 Å². The van der Waals surface area contributed by atoms with Crippen molar-refractivity contribution in [3.8, 4) is 23.6 Å². The van der Waals surface area contributed by atoms with Gasteiger partial charge >= 0.3 is 0 Å². The maximum absolute atomic E-state index is 12.9. The van der Waals surface area contributed by atoms with E-state index in [0.29, 0.717) is 186 Å². The monoisotopic (exact) mass is 1530 g/mol. The molecule has 0 bridgehead atoms. The first-order chi connectivity index (χ1) is 50.0. The lowest BCUT2D eigenvalue weighted by atomic mass is 10.1. The highest BCUT2D eigenvalue weighted by Gasteiger charge is 2.33. The number of amides is 6. The minimum absolute atomic E-state index is 0.00989. The number of anilines is 10. The van der Waals surface area contributed by atoms with Crippen LogP contribution >= 0.6 is 50.7 Å². The van der Waals surface area contributed by atoms with Gasteiger partial charge in [-0.25, -0.2) is 15.0 Å². The van der Waals surface area contributed by atoms with Crippen LogP contribution in [-0.4, -0.2) is 130 Å². The lowest BCUT2D eigenvalue weighted by Gasteiger charge is -2.17. The number of ether oxygens (including phenoxy) is 2. The first kappa shape index (κ1) is 76.3. The Morgan fingerprint density at radius 1 is 0.558 bits per heavy atom. The third kappa shape index (κ3) is 18.4. The van der Waals surface area contributed by atoms with Gasteiger partial charge in [-0.05, 0) is 120 Å². The Morgan fingerprint density at radius 3 is 1.47 bits per heavy atom. The van der Waals surface area contributed by atoms with E-state index in [1.807, 2.05) is 36.4 Å². The van der Waals surface area contributed by atoms with Crippen molar-refractivity contribution in [3.05, 3.63) is 185 Å². The van der Waals surface area contributed by atoms with E-state index >= 15 is 0 Å². The van der Waals surface area contributed by atoms with E-state index in [1.54, 1.807) is 111 Å². The molecule has 104 heavy (non-hydrogen) atoms. The number of carbonyl (C=O) groups is 6. The summed E-state index contributed by atoms with van der Waals surface area (Å²) >= 11 is 21.6. The summed E-state index contributed by atoms with van der Waals surface area (Å²) < 4.78 is 11.4. The van der Waals surface area contributed by atoms with Crippen molar-refractivity contribution in [2.45, 2.75) is 70.9 Å². The number of nitriles is 2. The molecule has 0 radical (unpaired) electrons. The summed E-state index contributed by atoms with van der Waals surface area (Å²) in [5.74, 6) is 2.41. The molecule has 14 rings (SSSR count). The zero-order valence-electron chi connectivity index (χ0n) is 56.6. The normalized spacial score (nSPS) is 14.4. The molecule has 33 heteroatoms. The SMILES string of the molecule is COc1c(Cl)cccc1Nc1cc(Cl)nc2c1C(=O)N(C)C2.N#Cc1nc(N)ccc1Br.N#Cc1nc(N)ccc1N1CCCC1=O.O=C1CCCN1.[C-]#[N+]c1nc(Cc2cc(Nc3cccc(Cl)c3OC)c3c(n2)CN(C)C3=O)ccc1N1CCCC1=O.[C-]#[N+]c1nc(N)ccc1N1CCCC1=O. The zero-order chi connectivity index (χ0) is 74.9. The number of fused-ring (bicyclic) bond motifs is 2. The van der Waals surface area contributed by atoms with Gasteiger partial charge in [0.1, 0.15) is 34.6 Å². The molecule has 6 amide bonds. The van der Waals surface area contributed by atoms with Gasteiger partial charge in [-0.1, -0.05) is 60.1 Å². The molecule has 4 fully saturated rings. The maximum atomic E-state index is 12.9. The number of rotatable bonds is 11. The number of para-hydroxylation sites is 2. The summed E-state index contributed by atoms with van der Waals surface area (Å²) in [6, 6.07) is 31.4. The molecule has 8 aromatic rings. The van der Waals surface area contributed by atoms with Crippen LogP contribution in [0.4, 0.5) is 68.9 Å². The van der Waals surface area contributed by atoms with E-state index < -0.39 is 0 Å². The van der Waals surface area contributed by atoms with Crippen molar-refractivity contribution in [1.29, 1.82) is 10.5 Å². The predicted molar refractivity (Wildman–Crippen MR) is 397 cm³/mol. The molecule has 6 aromatic heterocycles. The average molecular weight is 1530 g/mol. The quantitative estimate of drug-likeness (QED) is 0.0517. The Bertz CT molecular complexity index is 4760. The molecule has 2 aromatic carbocycles. The Hall–Kier alpha value is -11.9. The number of nitrogens with two attached hydrogens (primary N) is 3. The number of pyridine rings is 6. The first-order valence-electron chi connectivity index (χ1n) is 32.1. The van der Waals surface area contributed by atoms with E-state index in [1.165, 1.54) is 14.2 Å². The van der Waals surface area contributed by atoms with E-state index in [2.05, 4.69) is 66.5 Å². The highest BCUT2D eigenvalue weighted by atomic mass is 79.9. The molecule has 0 saturated carbocycles. The molecule has 0 atom stereocenters. The van der Waals surface area contributed by atoms with Crippen LogP contribution < -0.4 is 57.3 Å². The van der Waals surface area contributed by atoms with E-state index in [9.17, 15) is 28.8 Å². The number of aromatic nitrogens is 6. The van der Waals surface area contributed by atoms with Gasteiger partial charge in [0, 0.05) is 72.0 Å². The van der Waals surface area contributed by atoms with Gasteiger partial charge in [0.05, 0.1) is 116 Å². The number of benzene rings is 2. The number of halogens is 4. The van der Waals surface area contributed by atoms with Gasteiger partial charge in [-0.2, -0.15) is 10.5 Å². The van der Waals surface area contributed by atoms with Crippen LogP contribution in [-0.2, 0) is 38.7 Å². The van der Waals surface area contributed by atoms with Crippen LogP contribution in [0.1, 0.15) is 106 Å². The number of hydrogen-bond acceptors (Lipinski definition) is 21. The lowest BCUT2D eigenvalue weighted by Crippen LogP contribution is -2.25. The largest absolute Gasteiger partial charge is 0.493 e. The Kier molecular flexibility index (Phi) is 25.7. The minimum atomic E-state index is -0.124. The highest BCUT2D eigenvalue weighted by molar-refractivity contribution is 9.10. The molecular weight excluding hydrogens is 1460 g/mol. The van der Waals surface area contributed by atoms with Crippen LogP contribution in [0.5, 0.6) is 11.5 Å². The lowest BCUT2D eigenvalue weighted by molar-refractivity contribution is -0.119. The predicted octanol–water partition coefficient (Wildman–Crippen LogP) is 11.7. The van der Waals surface area contributed by atoms with Crippen LogP contribution in [0, 0.1) is 35.8 Å². The Morgan fingerprint density at radius 2 is 1.02 bits per heavy atom. The second-order valence-corrected chi connectivity index (χ2v) is 25.5. The molecule has 0 aliphatic carbocycles. The zero-order valence-corrected chi connectivity index (χ0v) is 60.4. The fraction of sp³-hybridized carbons (Fsp3) is 0.268. The third-order valence-electron chi connectivity index (χ3n) is 16.3. The van der Waals surface area contributed by atoms with E-state index in [0.717, 1.165) is 38.6 Å². The second-order valence-electron chi connectivity index (χ2n) is 23.4. The molecular formula is C71H67BrCl3N21O8. The van der Waals surface area contributed by atoms with Crippen molar-refractivity contribution in [2.24, 2.45) is 0 Å². The fourth-order valence-electron chi connectivity index (χ4n) is 11.5. The third-order valence-corrected chi connectivity index (χ3v) is 17.7. The van der Waals surface area contributed by atoms with Crippen molar-refractivity contribution < 1.29 is 38.2 Å². The van der Waals surface area contributed by atoms with Crippen LogP contribution in [0.3, 0.4) is 0 Å². The Balaban J connectivity index is 0.000000158. The number of nitrogen functional groups attached to an aromatic ring is 3. The molecule has 0 unspecified atom stereocenters. The molecule has 9 N–H and O–H groups in total. The topological polar surface area (TPSA) is 385 Å². The van der Waals surface area contributed by atoms with Crippen molar-refractivity contribution in [2.75, 3.05) is 97.0 Å². The molecule has 6 aliphatic heterocycles. The molecule has 12 heterocycles. The van der Waals surface area contributed by atoms with Crippen molar-refractivity contribution >= 4 is 155 Å². The standard InChI is InChI=1S/C26H23ClN6O3.C15H13Cl2N3O2.2C10H10N4O.C6H4BrN3.C4H7NO/c1-28-25-21(33-11-5-8-22(33)34)10-9-15(30-25)12-16-13-19(23-20(29-16)14-32(2)26(23)35)31-18-7-4-6-17(27)24(18)36-3;1-20-7-11-13(15(20)21)10(6-12(17)19-11)18-9-5-3-4-8(16)14(9)22-2;1-12-10-7(4-5-8(11)13-10)14-6-2-3-9(14)15;11-6-7-8(3-4-9(12)13-7)14-5-1-2-10(14)15;7-4-1-2-6(9)10-5(4)3-8;6-4-2-1-3-5-4/h4,6-7,9-10,13H,5,8,11-12,14H2,2-3H3,(H,29,31);3-6H,7H2,1-2H3,(H,18,19);4-5H,2-3,6H2,(H2,11,13);3-4H,1-2,5H2,(H2,12,13);1-2H,(H2,9,10);1-3H2,(H,5,6). The summed E-state index contributed by atoms with van der Waals surface area (Å²) in [7, 11) is 6.53. The number of carbonyl (C=O) groups excluding carboxylic acids is 6. The summed E-state index contributed by atoms with van der Waals surface area (Å²) in [6.07, 6.45) is 6.12.